The number of piperazine rings is 1. The summed E-state index contributed by atoms with van der Waals surface area (Å²) in [5, 5.41) is 3.91. The highest BCUT2D eigenvalue weighted by atomic mass is 35.5. The first-order chi connectivity index (χ1) is 7.72. The minimum Gasteiger partial charge on any atom is -0.364 e. The Kier molecular flexibility index (Phi) is 3.66. The molecule has 1 fully saturated rings. The van der Waals surface area contributed by atoms with Crippen LogP contribution in [0.25, 0.3) is 0 Å². The van der Waals surface area contributed by atoms with Crippen molar-refractivity contribution in [2.45, 2.75) is 19.4 Å². The molecule has 1 saturated heterocycles. The van der Waals surface area contributed by atoms with E-state index in [1.807, 2.05) is 0 Å². The average molecular weight is 243 g/mol. The highest BCUT2D eigenvalue weighted by molar-refractivity contribution is 6.30. The molecule has 0 spiro atoms. The maximum Gasteiger partial charge on any atom is 0.146 e. The van der Waals surface area contributed by atoms with Crippen LogP contribution in [0.15, 0.2) is 18.2 Å². The SMILES string of the molecule is CC[C@H]1CNCCN1c1cc(Cl)ccc1F. The van der Waals surface area contributed by atoms with Crippen molar-refractivity contribution >= 4 is 17.3 Å². The summed E-state index contributed by atoms with van der Waals surface area (Å²) in [5.41, 5.74) is 0.626. The Bertz CT molecular complexity index is 370. The number of nitrogens with one attached hydrogen (secondary N) is 1. The molecule has 1 aromatic rings. The van der Waals surface area contributed by atoms with Crippen molar-refractivity contribution in [1.29, 1.82) is 0 Å². The molecule has 1 aliphatic rings. The first-order valence-corrected chi connectivity index (χ1v) is 6.02. The highest BCUT2D eigenvalue weighted by Crippen LogP contribution is 2.26. The quantitative estimate of drug-likeness (QED) is 0.858. The molecule has 0 aliphatic carbocycles. The van der Waals surface area contributed by atoms with Crippen molar-refractivity contribution in [2.75, 3.05) is 24.5 Å². The third kappa shape index (κ3) is 2.30. The van der Waals surface area contributed by atoms with E-state index in [4.69, 9.17) is 11.6 Å². The Labute approximate surface area is 100 Å². The molecule has 0 bridgehead atoms. The third-order valence-corrected chi connectivity index (χ3v) is 3.27. The Balaban J connectivity index is 2.30. The molecule has 2 rings (SSSR count). The molecule has 0 unspecified atom stereocenters. The molecule has 1 aliphatic heterocycles. The summed E-state index contributed by atoms with van der Waals surface area (Å²) in [6, 6.07) is 5.09. The van der Waals surface area contributed by atoms with Crippen molar-refractivity contribution in [2.24, 2.45) is 0 Å². The molecular formula is C12H16ClFN2. The van der Waals surface area contributed by atoms with Crippen LogP contribution in [0.1, 0.15) is 13.3 Å². The van der Waals surface area contributed by atoms with E-state index in [1.165, 1.54) is 6.07 Å². The van der Waals surface area contributed by atoms with Gasteiger partial charge in [0.2, 0.25) is 0 Å². The van der Waals surface area contributed by atoms with E-state index in [-0.39, 0.29) is 5.82 Å². The molecule has 1 aromatic carbocycles. The van der Waals surface area contributed by atoms with Gasteiger partial charge in [-0.15, -0.1) is 0 Å². The minimum absolute atomic E-state index is 0.190. The number of benzene rings is 1. The number of halogens is 2. The number of hydrogen-bond donors (Lipinski definition) is 1. The lowest BCUT2D eigenvalue weighted by atomic mass is 10.1. The fourth-order valence-corrected chi connectivity index (χ4v) is 2.32. The largest absolute Gasteiger partial charge is 0.364 e. The number of anilines is 1. The van der Waals surface area contributed by atoms with E-state index < -0.39 is 0 Å². The van der Waals surface area contributed by atoms with Crippen molar-refractivity contribution in [1.82, 2.24) is 5.32 Å². The summed E-state index contributed by atoms with van der Waals surface area (Å²) in [7, 11) is 0. The first-order valence-electron chi connectivity index (χ1n) is 5.64. The predicted octanol–water partition coefficient (Wildman–Crippen LogP) is 2.67. The lowest BCUT2D eigenvalue weighted by Crippen LogP contribution is -2.51. The number of hydrogen-bond acceptors (Lipinski definition) is 2. The molecule has 2 nitrogen and oxygen atoms in total. The van der Waals surface area contributed by atoms with E-state index in [2.05, 4.69) is 17.1 Å². The molecule has 88 valence electrons. The van der Waals surface area contributed by atoms with Crippen molar-refractivity contribution in [3.63, 3.8) is 0 Å². The minimum atomic E-state index is -0.190. The van der Waals surface area contributed by atoms with Crippen LogP contribution < -0.4 is 10.2 Å². The van der Waals surface area contributed by atoms with Crippen LogP contribution in [0.3, 0.4) is 0 Å². The zero-order chi connectivity index (χ0) is 11.5. The number of rotatable bonds is 2. The van der Waals surface area contributed by atoms with E-state index >= 15 is 0 Å². The van der Waals surface area contributed by atoms with E-state index in [9.17, 15) is 4.39 Å². The topological polar surface area (TPSA) is 15.3 Å². The van der Waals surface area contributed by atoms with Crippen LogP contribution >= 0.6 is 11.6 Å². The van der Waals surface area contributed by atoms with E-state index in [0.29, 0.717) is 16.8 Å². The summed E-state index contributed by atoms with van der Waals surface area (Å²) in [4.78, 5) is 2.11. The molecule has 1 heterocycles. The zero-order valence-corrected chi connectivity index (χ0v) is 10.1. The molecule has 1 N–H and O–H groups in total. The summed E-state index contributed by atoms with van der Waals surface area (Å²) in [6.07, 6.45) is 0.999. The van der Waals surface area contributed by atoms with Crippen molar-refractivity contribution in [3.8, 4) is 0 Å². The summed E-state index contributed by atoms with van der Waals surface area (Å²) >= 11 is 5.92. The average Bonchev–Trinajstić information content (AvgIpc) is 2.32. The Morgan fingerprint density at radius 2 is 2.38 bits per heavy atom. The van der Waals surface area contributed by atoms with Gasteiger partial charge in [-0.2, -0.15) is 0 Å². The zero-order valence-electron chi connectivity index (χ0n) is 9.34. The molecule has 0 radical (unpaired) electrons. The van der Waals surface area contributed by atoms with Gasteiger partial charge in [-0.05, 0) is 24.6 Å². The number of nitrogens with zero attached hydrogens (tertiary/aromatic N) is 1. The van der Waals surface area contributed by atoms with Gasteiger partial charge in [-0.3, -0.25) is 0 Å². The lowest BCUT2D eigenvalue weighted by Gasteiger charge is -2.37. The van der Waals surface area contributed by atoms with Gasteiger partial charge < -0.3 is 10.2 Å². The van der Waals surface area contributed by atoms with Crippen LogP contribution in [-0.2, 0) is 0 Å². The molecule has 1 atom stereocenters. The van der Waals surface area contributed by atoms with Gasteiger partial charge in [0.1, 0.15) is 5.82 Å². The lowest BCUT2D eigenvalue weighted by molar-refractivity contribution is 0.459. The summed E-state index contributed by atoms with van der Waals surface area (Å²) in [5.74, 6) is -0.190. The van der Waals surface area contributed by atoms with Gasteiger partial charge in [0.05, 0.1) is 5.69 Å². The van der Waals surface area contributed by atoms with Gasteiger partial charge in [0.15, 0.2) is 0 Å². The summed E-state index contributed by atoms with van der Waals surface area (Å²) in [6.45, 7) is 4.74. The molecule has 0 saturated carbocycles. The van der Waals surface area contributed by atoms with Crippen LogP contribution in [0, 0.1) is 5.82 Å². The van der Waals surface area contributed by atoms with Crippen molar-refractivity contribution < 1.29 is 4.39 Å². The van der Waals surface area contributed by atoms with Crippen molar-refractivity contribution in [3.05, 3.63) is 29.0 Å². The van der Waals surface area contributed by atoms with Gasteiger partial charge in [0, 0.05) is 30.7 Å². The highest BCUT2D eigenvalue weighted by Gasteiger charge is 2.23. The summed E-state index contributed by atoms with van der Waals surface area (Å²) < 4.78 is 13.7. The smallest absolute Gasteiger partial charge is 0.146 e. The predicted molar refractivity (Wildman–Crippen MR) is 65.7 cm³/mol. The van der Waals surface area contributed by atoms with E-state index in [1.54, 1.807) is 12.1 Å². The fraction of sp³-hybridized carbons (Fsp3) is 0.500. The molecule has 16 heavy (non-hydrogen) atoms. The fourth-order valence-electron chi connectivity index (χ4n) is 2.15. The maximum absolute atomic E-state index is 13.7. The van der Waals surface area contributed by atoms with Crippen LogP contribution in [-0.4, -0.2) is 25.7 Å². The molecule has 4 heteroatoms. The van der Waals surface area contributed by atoms with Crippen LogP contribution in [0.2, 0.25) is 5.02 Å². The van der Waals surface area contributed by atoms with Gasteiger partial charge in [0.25, 0.3) is 0 Å². The van der Waals surface area contributed by atoms with Crippen LogP contribution in [0.5, 0.6) is 0 Å². The molecular weight excluding hydrogens is 227 g/mol. The molecule has 0 aromatic heterocycles. The third-order valence-electron chi connectivity index (χ3n) is 3.04. The van der Waals surface area contributed by atoms with E-state index in [0.717, 1.165) is 26.1 Å². The second-order valence-electron chi connectivity index (χ2n) is 4.06. The van der Waals surface area contributed by atoms with Gasteiger partial charge >= 0.3 is 0 Å². The maximum atomic E-state index is 13.7. The second kappa shape index (κ2) is 5.02. The standard InChI is InChI=1S/C12H16ClFN2/c1-2-10-8-15-5-6-16(10)12-7-9(13)3-4-11(12)14/h3-4,7,10,15H,2,5-6,8H2,1H3/t10-/m0/s1. The van der Waals surface area contributed by atoms with Gasteiger partial charge in [-0.25, -0.2) is 4.39 Å². The van der Waals surface area contributed by atoms with Gasteiger partial charge in [-0.1, -0.05) is 18.5 Å². The Morgan fingerprint density at radius 3 is 3.12 bits per heavy atom. The first kappa shape index (κ1) is 11.7. The molecule has 0 amide bonds. The normalized spacial score (nSPS) is 21.2. The Morgan fingerprint density at radius 1 is 1.56 bits per heavy atom. The monoisotopic (exact) mass is 242 g/mol. The van der Waals surface area contributed by atoms with Crippen LogP contribution in [0.4, 0.5) is 10.1 Å². The second-order valence-corrected chi connectivity index (χ2v) is 4.49. The Hall–Kier alpha value is -0.800.